The molecule has 134 valence electrons. The van der Waals surface area contributed by atoms with Crippen LogP contribution in [0.1, 0.15) is 72.6 Å². The third-order valence-corrected chi connectivity index (χ3v) is 4.65. The van der Waals surface area contributed by atoms with Crippen LogP contribution in [0.5, 0.6) is 0 Å². The standard InChI is InChI=1S/C18H34N2O3/c1-13-12-14(10-11-22-13)19-15-8-6-5-7-9-16(15)20-17(21)23-18(2,3)4/h13-16,19H,5-12H2,1-4H3,(H,20,21). The van der Waals surface area contributed by atoms with Gasteiger partial charge in [-0.3, -0.25) is 0 Å². The van der Waals surface area contributed by atoms with E-state index in [1.165, 1.54) is 19.3 Å². The quantitative estimate of drug-likeness (QED) is 0.781. The zero-order valence-corrected chi connectivity index (χ0v) is 15.2. The zero-order chi connectivity index (χ0) is 16.9. The predicted molar refractivity (Wildman–Crippen MR) is 91.6 cm³/mol. The lowest BCUT2D eigenvalue weighted by atomic mass is 9.98. The summed E-state index contributed by atoms with van der Waals surface area (Å²) < 4.78 is 11.1. The Morgan fingerprint density at radius 1 is 1.09 bits per heavy atom. The molecule has 1 saturated heterocycles. The van der Waals surface area contributed by atoms with E-state index < -0.39 is 5.60 Å². The van der Waals surface area contributed by atoms with Crippen molar-refractivity contribution in [1.82, 2.24) is 10.6 Å². The number of rotatable bonds is 3. The van der Waals surface area contributed by atoms with Crippen LogP contribution < -0.4 is 10.6 Å². The molecule has 0 aromatic heterocycles. The minimum absolute atomic E-state index is 0.158. The molecule has 2 rings (SSSR count). The molecule has 1 heterocycles. The van der Waals surface area contributed by atoms with Gasteiger partial charge in [0.2, 0.25) is 0 Å². The number of nitrogens with one attached hydrogen (secondary N) is 2. The van der Waals surface area contributed by atoms with Gasteiger partial charge in [-0.1, -0.05) is 19.3 Å². The first-order chi connectivity index (χ1) is 10.8. The molecular weight excluding hydrogens is 292 g/mol. The van der Waals surface area contributed by atoms with Crippen molar-refractivity contribution in [2.24, 2.45) is 0 Å². The van der Waals surface area contributed by atoms with E-state index in [0.29, 0.717) is 18.2 Å². The summed E-state index contributed by atoms with van der Waals surface area (Å²) in [7, 11) is 0. The van der Waals surface area contributed by atoms with Crippen LogP contribution in [0, 0.1) is 0 Å². The number of carbonyl (C=O) groups excluding carboxylic acids is 1. The maximum atomic E-state index is 12.1. The van der Waals surface area contributed by atoms with Crippen molar-refractivity contribution >= 4 is 6.09 Å². The normalized spacial score (nSPS) is 32.9. The highest BCUT2D eigenvalue weighted by molar-refractivity contribution is 5.68. The summed E-state index contributed by atoms with van der Waals surface area (Å²) >= 11 is 0. The predicted octanol–water partition coefficient (Wildman–Crippen LogP) is 3.37. The van der Waals surface area contributed by atoms with Gasteiger partial charge in [0.15, 0.2) is 0 Å². The molecule has 2 fully saturated rings. The Kier molecular flexibility index (Phi) is 6.72. The molecule has 5 heteroatoms. The van der Waals surface area contributed by atoms with Crippen LogP contribution in [0.15, 0.2) is 0 Å². The lowest BCUT2D eigenvalue weighted by Gasteiger charge is -2.35. The van der Waals surface area contributed by atoms with Crippen molar-refractivity contribution in [1.29, 1.82) is 0 Å². The second kappa shape index (κ2) is 8.34. The molecule has 0 aromatic rings. The first kappa shape index (κ1) is 18.5. The van der Waals surface area contributed by atoms with Crippen LogP contribution in [0.2, 0.25) is 0 Å². The smallest absolute Gasteiger partial charge is 0.407 e. The van der Waals surface area contributed by atoms with Crippen LogP contribution in [-0.4, -0.2) is 42.5 Å². The van der Waals surface area contributed by atoms with Crippen molar-refractivity contribution in [3.8, 4) is 0 Å². The van der Waals surface area contributed by atoms with Gasteiger partial charge in [-0.15, -0.1) is 0 Å². The van der Waals surface area contributed by atoms with Crippen molar-refractivity contribution in [2.75, 3.05) is 6.61 Å². The van der Waals surface area contributed by atoms with Crippen LogP contribution in [0.3, 0.4) is 0 Å². The second-order valence-corrected chi connectivity index (χ2v) is 8.07. The second-order valence-electron chi connectivity index (χ2n) is 8.07. The molecule has 0 bridgehead atoms. The molecule has 4 atom stereocenters. The van der Waals surface area contributed by atoms with Gasteiger partial charge in [0.05, 0.1) is 6.10 Å². The fraction of sp³-hybridized carbons (Fsp3) is 0.944. The van der Waals surface area contributed by atoms with E-state index in [-0.39, 0.29) is 12.1 Å². The largest absolute Gasteiger partial charge is 0.444 e. The lowest BCUT2D eigenvalue weighted by Crippen LogP contribution is -2.54. The molecular formula is C18H34N2O3. The van der Waals surface area contributed by atoms with Crippen LogP contribution in [-0.2, 0) is 9.47 Å². The highest BCUT2D eigenvalue weighted by atomic mass is 16.6. The first-order valence-electron chi connectivity index (χ1n) is 9.20. The summed E-state index contributed by atoms with van der Waals surface area (Å²) in [6.45, 7) is 8.67. The Balaban J connectivity index is 1.92. The Morgan fingerprint density at radius 3 is 2.43 bits per heavy atom. The fourth-order valence-electron chi connectivity index (χ4n) is 3.59. The summed E-state index contributed by atoms with van der Waals surface area (Å²) in [5, 5.41) is 6.91. The minimum Gasteiger partial charge on any atom is -0.444 e. The Labute approximate surface area is 140 Å². The summed E-state index contributed by atoms with van der Waals surface area (Å²) in [5.74, 6) is 0. The molecule has 0 aromatic carbocycles. The molecule has 23 heavy (non-hydrogen) atoms. The Morgan fingerprint density at radius 2 is 1.78 bits per heavy atom. The average molecular weight is 326 g/mol. The van der Waals surface area contributed by atoms with E-state index in [0.717, 1.165) is 32.3 Å². The molecule has 0 spiro atoms. The van der Waals surface area contributed by atoms with Gasteiger partial charge in [-0.05, 0) is 53.4 Å². The van der Waals surface area contributed by atoms with Gasteiger partial charge < -0.3 is 20.1 Å². The van der Waals surface area contributed by atoms with Crippen LogP contribution >= 0.6 is 0 Å². The number of carbonyl (C=O) groups is 1. The van der Waals surface area contributed by atoms with Crippen molar-refractivity contribution in [3.05, 3.63) is 0 Å². The number of hydrogen-bond acceptors (Lipinski definition) is 4. The first-order valence-corrected chi connectivity index (χ1v) is 9.20. The molecule has 4 unspecified atom stereocenters. The molecule has 2 aliphatic rings. The highest BCUT2D eigenvalue weighted by Gasteiger charge is 2.30. The van der Waals surface area contributed by atoms with Crippen LogP contribution in [0.25, 0.3) is 0 Å². The summed E-state index contributed by atoms with van der Waals surface area (Å²) in [6.07, 6.45) is 7.92. The third kappa shape index (κ3) is 6.68. The van der Waals surface area contributed by atoms with Crippen LogP contribution in [0.4, 0.5) is 4.79 Å². The molecule has 1 aliphatic heterocycles. The van der Waals surface area contributed by atoms with Gasteiger partial charge in [-0.25, -0.2) is 4.79 Å². The Hall–Kier alpha value is -0.810. The maximum absolute atomic E-state index is 12.1. The van der Waals surface area contributed by atoms with E-state index in [1.54, 1.807) is 0 Å². The number of amides is 1. The van der Waals surface area contributed by atoms with E-state index >= 15 is 0 Å². The average Bonchev–Trinajstić information content (AvgIpc) is 2.62. The fourth-order valence-corrected chi connectivity index (χ4v) is 3.59. The van der Waals surface area contributed by atoms with E-state index in [1.807, 2.05) is 20.8 Å². The zero-order valence-electron chi connectivity index (χ0n) is 15.2. The van der Waals surface area contributed by atoms with Gasteiger partial charge in [0, 0.05) is 24.7 Å². The number of hydrogen-bond donors (Lipinski definition) is 2. The summed E-state index contributed by atoms with van der Waals surface area (Å²) in [6, 6.07) is 0.982. The van der Waals surface area contributed by atoms with Crippen molar-refractivity contribution in [2.45, 2.75) is 102 Å². The van der Waals surface area contributed by atoms with Crippen molar-refractivity contribution < 1.29 is 14.3 Å². The molecule has 5 nitrogen and oxygen atoms in total. The Bertz CT molecular complexity index is 381. The summed E-state index contributed by atoms with van der Waals surface area (Å²) in [5.41, 5.74) is -0.451. The topological polar surface area (TPSA) is 59.6 Å². The van der Waals surface area contributed by atoms with Gasteiger partial charge >= 0.3 is 6.09 Å². The van der Waals surface area contributed by atoms with Gasteiger partial charge in [0.1, 0.15) is 5.60 Å². The molecule has 1 amide bonds. The van der Waals surface area contributed by atoms with E-state index in [4.69, 9.17) is 9.47 Å². The minimum atomic E-state index is -0.451. The monoisotopic (exact) mass is 326 g/mol. The van der Waals surface area contributed by atoms with E-state index in [9.17, 15) is 4.79 Å². The summed E-state index contributed by atoms with van der Waals surface area (Å²) in [4.78, 5) is 12.1. The van der Waals surface area contributed by atoms with E-state index in [2.05, 4.69) is 17.6 Å². The SMILES string of the molecule is CC1CC(NC2CCCCCC2NC(=O)OC(C)(C)C)CCO1. The number of ether oxygens (including phenoxy) is 2. The van der Waals surface area contributed by atoms with Gasteiger partial charge in [0.25, 0.3) is 0 Å². The molecule has 0 radical (unpaired) electrons. The van der Waals surface area contributed by atoms with Crippen molar-refractivity contribution in [3.63, 3.8) is 0 Å². The lowest BCUT2D eigenvalue weighted by molar-refractivity contribution is 0.00950. The third-order valence-electron chi connectivity index (χ3n) is 4.65. The van der Waals surface area contributed by atoms with Gasteiger partial charge in [-0.2, -0.15) is 0 Å². The molecule has 1 saturated carbocycles. The molecule has 1 aliphatic carbocycles. The highest BCUT2D eigenvalue weighted by Crippen LogP contribution is 2.22. The molecule has 2 N–H and O–H groups in total. The maximum Gasteiger partial charge on any atom is 0.407 e. The number of alkyl carbamates (subject to hydrolysis) is 1.